The van der Waals surface area contributed by atoms with Crippen molar-refractivity contribution < 1.29 is 18.9 Å². The predicted octanol–water partition coefficient (Wildman–Crippen LogP) is 6.79. The van der Waals surface area contributed by atoms with Gasteiger partial charge in [-0.25, -0.2) is 9.36 Å². The van der Waals surface area contributed by atoms with Crippen LogP contribution in [0.4, 0.5) is 0 Å². The fraction of sp³-hybridized carbons (Fsp3) is 0.750. The van der Waals surface area contributed by atoms with Crippen molar-refractivity contribution in [3.8, 4) is 0 Å². The lowest BCUT2D eigenvalue weighted by atomic mass is 10.3. The molecule has 0 aromatic carbocycles. The Morgan fingerprint density at radius 2 is 0.514 bits per heavy atom. The zero-order valence-electron chi connectivity index (χ0n) is 45.1. The van der Waals surface area contributed by atoms with Gasteiger partial charge in [0.2, 0.25) is 0 Å². The van der Waals surface area contributed by atoms with Crippen molar-refractivity contribution in [1.29, 1.82) is 0 Å². The van der Waals surface area contributed by atoms with E-state index in [1.54, 1.807) is 0 Å². The first kappa shape index (κ1) is 62.7. The van der Waals surface area contributed by atoms with Gasteiger partial charge in [-0.1, -0.05) is 86.7 Å². The molecule has 0 N–H and O–H groups in total. The van der Waals surface area contributed by atoms with Gasteiger partial charge in [-0.3, -0.25) is 18.7 Å². The van der Waals surface area contributed by atoms with Gasteiger partial charge in [0.05, 0.1) is 73.7 Å². The average Bonchev–Trinajstić information content (AvgIpc) is 4.28. The Morgan fingerprint density at radius 3 is 0.743 bits per heavy atom. The van der Waals surface area contributed by atoms with Crippen molar-refractivity contribution in [3.63, 3.8) is 0 Å². The summed E-state index contributed by atoms with van der Waals surface area (Å²) in [6.07, 6.45) is 21.6. The zero-order valence-corrected chi connectivity index (χ0v) is 45.1. The monoisotopic (exact) mass is 983 g/mol. The lowest BCUT2D eigenvalue weighted by Gasteiger charge is -2.00. The fourth-order valence-electron chi connectivity index (χ4n) is 5.40. The summed E-state index contributed by atoms with van der Waals surface area (Å²) < 4.78 is 32.4. The first-order valence-corrected chi connectivity index (χ1v) is 25.8. The summed E-state index contributed by atoms with van der Waals surface area (Å²) in [6.45, 7) is 36.3. The summed E-state index contributed by atoms with van der Waals surface area (Å²) in [5, 5.41) is 47.4. The van der Waals surface area contributed by atoms with Crippen LogP contribution in [-0.4, -0.2) is 143 Å². The molecule has 0 amide bonds. The average molecular weight is 983 g/mol. The Balaban J connectivity index is 0.000000423. The van der Waals surface area contributed by atoms with Gasteiger partial charge in [-0.15, -0.1) is 30.6 Å². The summed E-state index contributed by atoms with van der Waals surface area (Å²) in [5.41, 5.74) is 6.23. The second-order valence-electron chi connectivity index (χ2n) is 15.6. The fourth-order valence-corrected chi connectivity index (χ4v) is 5.40. The van der Waals surface area contributed by atoms with Crippen molar-refractivity contribution in [2.45, 2.75) is 187 Å². The van der Waals surface area contributed by atoms with Crippen LogP contribution in [0.1, 0.15) is 143 Å². The molecular weight excluding hydrogens is 893 g/mol. The maximum atomic E-state index is 5.35. The standard InChI is InChI=1S/4C9H17N3O.2C6H11N3/c2*1-3-6-13-7-5-9-8-12(4-2)11-10-9;2*1-3-6-13-7-5-12-8-9(4-2)10-11-12;2*1-3-6-5-9(4-2)8-7-6/h4*8H,3-7H2,1-2H3;2*5H,3-4H2,1-2H3. The number of aryl methyl sites for hydroxylation is 8. The van der Waals surface area contributed by atoms with Crippen molar-refractivity contribution in [2.24, 2.45) is 0 Å². The summed E-state index contributed by atoms with van der Waals surface area (Å²) in [4.78, 5) is 0. The van der Waals surface area contributed by atoms with Crippen LogP contribution in [0.2, 0.25) is 0 Å². The van der Waals surface area contributed by atoms with Crippen LogP contribution in [0.25, 0.3) is 0 Å². The first-order chi connectivity index (χ1) is 34.2. The third kappa shape index (κ3) is 30.3. The highest BCUT2D eigenvalue weighted by molar-refractivity contribution is 4.94. The summed E-state index contributed by atoms with van der Waals surface area (Å²) in [5.74, 6) is 0. The Hall–Kier alpha value is -5.32. The van der Waals surface area contributed by atoms with E-state index < -0.39 is 0 Å². The molecule has 0 fully saturated rings. The van der Waals surface area contributed by atoms with Crippen molar-refractivity contribution in [2.75, 3.05) is 52.9 Å². The van der Waals surface area contributed by atoms with E-state index in [9.17, 15) is 0 Å². The normalized spacial score (nSPS) is 10.5. The molecule has 0 aliphatic heterocycles. The van der Waals surface area contributed by atoms with E-state index in [1.165, 1.54) is 0 Å². The lowest BCUT2D eigenvalue weighted by Crippen LogP contribution is -2.06. The molecule has 70 heavy (non-hydrogen) atoms. The molecule has 6 aromatic rings. The molecule has 0 saturated heterocycles. The van der Waals surface area contributed by atoms with E-state index >= 15 is 0 Å². The Morgan fingerprint density at radius 1 is 0.286 bits per heavy atom. The molecule has 0 radical (unpaired) electrons. The minimum Gasteiger partial charge on any atom is -0.381 e. The zero-order chi connectivity index (χ0) is 51.5. The van der Waals surface area contributed by atoms with E-state index in [-0.39, 0.29) is 0 Å². The Labute approximate surface area is 418 Å². The van der Waals surface area contributed by atoms with Gasteiger partial charge in [-0.2, -0.15) is 0 Å². The van der Waals surface area contributed by atoms with Gasteiger partial charge in [0.15, 0.2) is 0 Å². The van der Waals surface area contributed by atoms with Gasteiger partial charge < -0.3 is 18.9 Å². The van der Waals surface area contributed by atoms with Crippen LogP contribution >= 0.6 is 0 Å². The molecule has 6 heterocycles. The van der Waals surface area contributed by atoms with E-state index in [4.69, 9.17) is 18.9 Å². The lowest BCUT2D eigenvalue weighted by molar-refractivity contribution is 0.124. The minimum absolute atomic E-state index is 0.723. The van der Waals surface area contributed by atoms with Crippen LogP contribution in [0.5, 0.6) is 0 Å². The Kier molecular flexibility index (Phi) is 38.1. The van der Waals surface area contributed by atoms with Crippen molar-refractivity contribution in [1.82, 2.24) is 90.0 Å². The Bertz CT molecular complexity index is 1760. The molecule has 0 unspecified atom stereocenters. The molecule has 396 valence electrons. The summed E-state index contributed by atoms with van der Waals surface area (Å²) in [6, 6.07) is 0. The number of hydrogen-bond acceptors (Lipinski definition) is 16. The van der Waals surface area contributed by atoms with E-state index in [0.29, 0.717) is 0 Å². The van der Waals surface area contributed by atoms with Crippen molar-refractivity contribution in [3.05, 3.63) is 71.3 Å². The molecule has 22 nitrogen and oxygen atoms in total. The van der Waals surface area contributed by atoms with Gasteiger partial charge >= 0.3 is 0 Å². The van der Waals surface area contributed by atoms with E-state index in [2.05, 4.69) is 117 Å². The molecule has 6 rings (SSSR count). The third-order valence-electron chi connectivity index (χ3n) is 9.59. The first-order valence-electron chi connectivity index (χ1n) is 25.8. The summed E-state index contributed by atoms with van der Waals surface area (Å²) in [7, 11) is 0. The van der Waals surface area contributed by atoms with Gasteiger partial charge in [-0.05, 0) is 79.1 Å². The molecule has 22 heteroatoms. The molecule has 0 bridgehead atoms. The number of aromatic nitrogens is 18. The number of rotatable bonds is 28. The number of hydrogen-bond donors (Lipinski definition) is 0. The second kappa shape index (κ2) is 42.5. The van der Waals surface area contributed by atoms with Gasteiger partial charge in [0, 0.05) is 103 Å². The summed E-state index contributed by atoms with van der Waals surface area (Å²) >= 11 is 0. The highest BCUT2D eigenvalue weighted by Crippen LogP contribution is 1.98. The third-order valence-corrected chi connectivity index (χ3v) is 9.59. The number of ether oxygens (including phenoxy) is 4. The SMILES string of the molecule is CCCOCCc1cn(CC)nn1.CCCOCCc1cn(CC)nn1.CCCOCCn1cc(CC)nn1.CCCOCCn1cc(CC)nn1.CCc1cn(CC)nn1.CCc1cn(CC)nn1. The predicted molar refractivity (Wildman–Crippen MR) is 272 cm³/mol. The van der Waals surface area contributed by atoms with E-state index in [1.807, 2.05) is 93.0 Å². The smallest absolute Gasteiger partial charge is 0.0850 e. The van der Waals surface area contributed by atoms with Gasteiger partial charge in [0.25, 0.3) is 0 Å². The molecule has 0 spiro atoms. The topological polar surface area (TPSA) is 221 Å². The maximum absolute atomic E-state index is 5.35. The van der Waals surface area contributed by atoms with Crippen LogP contribution in [0.3, 0.4) is 0 Å². The van der Waals surface area contributed by atoms with Crippen molar-refractivity contribution >= 4 is 0 Å². The second-order valence-corrected chi connectivity index (χ2v) is 15.6. The maximum Gasteiger partial charge on any atom is 0.0850 e. The van der Waals surface area contributed by atoms with E-state index in [0.717, 1.165) is 190 Å². The largest absolute Gasteiger partial charge is 0.381 e. The highest BCUT2D eigenvalue weighted by atomic mass is 16.5. The molecular formula is C48H90N18O4. The highest BCUT2D eigenvalue weighted by Gasteiger charge is 2.01. The van der Waals surface area contributed by atoms with Gasteiger partial charge in [0.1, 0.15) is 0 Å². The van der Waals surface area contributed by atoms with Crippen LogP contribution in [-0.2, 0) is 96.7 Å². The molecule has 0 aliphatic carbocycles. The minimum atomic E-state index is 0.723. The quantitative estimate of drug-likeness (QED) is 0.0462. The van der Waals surface area contributed by atoms with Crippen LogP contribution in [0, 0.1) is 0 Å². The molecule has 6 aromatic heterocycles. The molecule has 0 atom stereocenters. The van der Waals surface area contributed by atoms with Crippen LogP contribution in [0.15, 0.2) is 37.2 Å². The van der Waals surface area contributed by atoms with Crippen LogP contribution < -0.4 is 0 Å². The molecule has 0 saturated carbocycles. The number of nitrogens with zero attached hydrogens (tertiary/aromatic N) is 18. The molecule has 0 aliphatic rings.